The number of carbonyl (C=O) groups is 1. The van der Waals surface area contributed by atoms with E-state index in [4.69, 9.17) is 11.6 Å². The summed E-state index contributed by atoms with van der Waals surface area (Å²) in [4.78, 5) is 12.1. The number of alkyl halides is 1. The highest BCUT2D eigenvalue weighted by Crippen LogP contribution is 2.33. The predicted molar refractivity (Wildman–Crippen MR) is 74.9 cm³/mol. The Morgan fingerprint density at radius 3 is 2.29 bits per heavy atom. The van der Waals surface area contributed by atoms with Crippen LogP contribution in [0.3, 0.4) is 0 Å². The van der Waals surface area contributed by atoms with Gasteiger partial charge in [-0.2, -0.15) is 0 Å². The normalized spacial score (nSPS) is 25.7. The highest BCUT2D eigenvalue weighted by atomic mass is 35.5. The summed E-state index contributed by atoms with van der Waals surface area (Å²) in [6.45, 7) is 2.11. The largest absolute Gasteiger partial charge is 0.345 e. The zero-order chi connectivity index (χ0) is 15.6. The predicted octanol–water partition coefficient (Wildman–Crippen LogP) is 4.02. The van der Waals surface area contributed by atoms with Crippen molar-refractivity contribution in [1.29, 1.82) is 0 Å². The monoisotopic (exact) mass is 319 g/mol. The van der Waals surface area contributed by atoms with Crippen LogP contribution < -0.4 is 5.32 Å². The first-order valence-electron chi connectivity index (χ1n) is 6.90. The van der Waals surface area contributed by atoms with Crippen molar-refractivity contribution in [3.63, 3.8) is 0 Å². The minimum absolute atomic E-state index is 0.176. The van der Waals surface area contributed by atoms with Crippen LogP contribution in [-0.2, 0) is 0 Å². The molecule has 6 heteroatoms. The lowest BCUT2D eigenvalue weighted by atomic mass is 9.78. The average Bonchev–Trinajstić information content (AvgIpc) is 2.40. The zero-order valence-corrected chi connectivity index (χ0v) is 12.4. The van der Waals surface area contributed by atoms with Gasteiger partial charge in [0.2, 0.25) is 0 Å². The number of hydrogen-bond donors (Lipinski definition) is 1. The number of hydrogen-bond acceptors (Lipinski definition) is 1. The third-order valence-electron chi connectivity index (χ3n) is 4.10. The lowest BCUT2D eigenvalue weighted by molar-refractivity contribution is 0.0863. The second-order valence-corrected chi connectivity index (χ2v) is 6.06. The van der Waals surface area contributed by atoms with Gasteiger partial charge in [-0.3, -0.25) is 4.79 Å². The van der Waals surface area contributed by atoms with Gasteiger partial charge >= 0.3 is 0 Å². The second-order valence-electron chi connectivity index (χ2n) is 5.80. The first-order valence-corrected chi connectivity index (χ1v) is 7.43. The third kappa shape index (κ3) is 3.51. The number of amides is 1. The molecule has 1 saturated carbocycles. The summed E-state index contributed by atoms with van der Waals surface area (Å²) < 4.78 is 40.1. The Morgan fingerprint density at radius 2 is 1.81 bits per heavy atom. The van der Waals surface area contributed by atoms with Crippen LogP contribution in [0.25, 0.3) is 0 Å². The maximum atomic E-state index is 13.6. The highest BCUT2D eigenvalue weighted by molar-refractivity contribution is 6.19. The molecule has 1 N–H and O–H groups in total. The molecule has 1 aromatic carbocycles. The zero-order valence-electron chi connectivity index (χ0n) is 11.7. The Hall–Kier alpha value is -1.23. The van der Waals surface area contributed by atoms with Gasteiger partial charge in [-0.25, -0.2) is 13.2 Å². The highest BCUT2D eigenvalue weighted by Gasteiger charge is 2.36. The maximum absolute atomic E-state index is 13.6. The Bertz CT molecular complexity index is 519. The Labute approximate surface area is 126 Å². The molecular weight excluding hydrogens is 303 g/mol. The van der Waals surface area contributed by atoms with E-state index in [1.807, 2.05) is 0 Å². The number of rotatable bonds is 3. The molecule has 0 radical (unpaired) electrons. The number of benzene rings is 1. The van der Waals surface area contributed by atoms with E-state index in [1.54, 1.807) is 0 Å². The van der Waals surface area contributed by atoms with Gasteiger partial charge in [0.1, 0.15) is 23.0 Å². The molecule has 1 amide bonds. The van der Waals surface area contributed by atoms with E-state index in [0.29, 0.717) is 30.9 Å². The Balaban J connectivity index is 2.21. The van der Waals surface area contributed by atoms with E-state index in [9.17, 15) is 18.0 Å². The van der Waals surface area contributed by atoms with Gasteiger partial charge < -0.3 is 5.32 Å². The summed E-state index contributed by atoms with van der Waals surface area (Å²) in [6, 6.07) is 0.989. The van der Waals surface area contributed by atoms with Gasteiger partial charge in [0.05, 0.1) is 5.54 Å². The van der Waals surface area contributed by atoms with Crippen molar-refractivity contribution in [3.8, 4) is 0 Å². The lowest BCUT2D eigenvalue weighted by Crippen LogP contribution is -2.52. The van der Waals surface area contributed by atoms with Crippen molar-refractivity contribution in [2.24, 2.45) is 5.92 Å². The van der Waals surface area contributed by atoms with Crippen molar-refractivity contribution in [2.45, 2.75) is 38.1 Å². The van der Waals surface area contributed by atoms with Gasteiger partial charge in [-0.15, -0.1) is 11.6 Å². The SMILES string of the molecule is CC1CCC(CCl)(NC(=O)c2c(F)cc(F)cc2F)CC1. The minimum Gasteiger partial charge on any atom is -0.345 e. The van der Waals surface area contributed by atoms with E-state index in [-0.39, 0.29) is 5.88 Å². The average molecular weight is 320 g/mol. The van der Waals surface area contributed by atoms with Crippen molar-refractivity contribution >= 4 is 17.5 Å². The topological polar surface area (TPSA) is 29.1 Å². The summed E-state index contributed by atoms with van der Waals surface area (Å²) in [5.74, 6) is -3.65. The summed E-state index contributed by atoms with van der Waals surface area (Å²) in [6.07, 6.45) is 3.10. The summed E-state index contributed by atoms with van der Waals surface area (Å²) in [5, 5.41) is 2.65. The lowest BCUT2D eigenvalue weighted by Gasteiger charge is -2.38. The van der Waals surface area contributed by atoms with Crippen LogP contribution in [0.4, 0.5) is 13.2 Å². The third-order valence-corrected chi connectivity index (χ3v) is 4.61. The molecule has 2 nitrogen and oxygen atoms in total. The van der Waals surface area contributed by atoms with E-state index in [2.05, 4.69) is 12.2 Å². The molecule has 0 unspecified atom stereocenters. The smallest absolute Gasteiger partial charge is 0.257 e. The maximum Gasteiger partial charge on any atom is 0.257 e. The molecule has 1 aliphatic rings. The minimum atomic E-state index is -1.21. The fourth-order valence-electron chi connectivity index (χ4n) is 2.67. The molecule has 116 valence electrons. The molecule has 0 atom stereocenters. The van der Waals surface area contributed by atoms with Crippen LogP contribution in [0.15, 0.2) is 12.1 Å². The van der Waals surface area contributed by atoms with E-state index in [0.717, 1.165) is 12.8 Å². The molecule has 0 aromatic heterocycles. The van der Waals surface area contributed by atoms with Crippen LogP contribution >= 0.6 is 11.6 Å². The van der Waals surface area contributed by atoms with Gasteiger partial charge in [-0.05, 0) is 31.6 Å². The molecule has 1 fully saturated rings. The standard InChI is InChI=1S/C15H17ClF3NO/c1-9-2-4-15(8-16,5-3-9)20-14(21)13-11(18)6-10(17)7-12(13)19/h6-7,9H,2-5,8H2,1H3,(H,20,21). The van der Waals surface area contributed by atoms with E-state index < -0.39 is 34.5 Å². The first-order chi connectivity index (χ1) is 9.87. The first kappa shape index (κ1) is 16.1. The Morgan fingerprint density at radius 1 is 1.29 bits per heavy atom. The van der Waals surface area contributed by atoms with Crippen molar-refractivity contribution in [1.82, 2.24) is 5.32 Å². The van der Waals surface area contributed by atoms with Crippen molar-refractivity contribution in [3.05, 3.63) is 35.1 Å². The summed E-state index contributed by atoms with van der Waals surface area (Å²) in [7, 11) is 0. The number of carbonyl (C=O) groups excluding carboxylic acids is 1. The molecule has 1 aliphatic carbocycles. The molecule has 0 bridgehead atoms. The molecule has 0 aliphatic heterocycles. The number of nitrogens with one attached hydrogen (secondary N) is 1. The Kier molecular flexibility index (Phi) is 4.81. The molecular formula is C15H17ClF3NO. The fraction of sp³-hybridized carbons (Fsp3) is 0.533. The molecule has 0 spiro atoms. The van der Waals surface area contributed by atoms with Crippen LogP contribution in [0.2, 0.25) is 0 Å². The van der Waals surface area contributed by atoms with Crippen LogP contribution in [0.1, 0.15) is 43.0 Å². The summed E-state index contributed by atoms with van der Waals surface area (Å²) >= 11 is 5.96. The fourth-order valence-corrected chi connectivity index (χ4v) is 3.00. The van der Waals surface area contributed by atoms with Crippen molar-refractivity contribution < 1.29 is 18.0 Å². The quantitative estimate of drug-likeness (QED) is 0.838. The van der Waals surface area contributed by atoms with Gasteiger partial charge in [0, 0.05) is 18.0 Å². The van der Waals surface area contributed by atoms with Gasteiger partial charge in [-0.1, -0.05) is 6.92 Å². The molecule has 21 heavy (non-hydrogen) atoms. The van der Waals surface area contributed by atoms with Crippen LogP contribution in [-0.4, -0.2) is 17.3 Å². The van der Waals surface area contributed by atoms with Gasteiger partial charge in [0.15, 0.2) is 0 Å². The van der Waals surface area contributed by atoms with Crippen LogP contribution in [0.5, 0.6) is 0 Å². The second kappa shape index (κ2) is 6.26. The van der Waals surface area contributed by atoms with E-state index >= 15 is 0 Å². The molecule has 0 heterocycles. The van der Waals surface area contributed by atoms with Crippen LogP contribution in [0, 0.1) is 23.4 Å². The number of halogens is 4. The van der Waals surface area contributed by atoms with Crippen molar-refractivity contribution in [2.75, 3.05) is 5.88 Å². The van der Waals surface area contributed by atoms with Gasteiger partial charge in [0.25, 0.3) is 5.91 Å². The molecule has 0 saturated heterocycles. The molecule has 1 aromatic rings. The van der Waals surface area contributed by atoms with E-state index in [1.165, 1.54) is 0 Å². The molecule has 2 rings (SSSR count). The summed E-state index contributed by atoms with van der Waals surface area (Å²) in [5.41, 5.74) is -1.42.